The Bertz CT molecular complexity index is 699. The van der Waals surface area contributed by atoms with Gasteiger partial charge < -0.3 is 5.11 Å². The molecule has 0 saturated carbocycles. The SMILES string of the molecule is CC(CCCO)NS(=O)(=O)c1ccccc1-c1ccccc1. The molecule has 2 aromatic rings. The number of hydrogen-bond donors (Lipinski definition) is 2. The molecule has 0 aromatic heterocycles. The van der Waals surface area contributed by atoms with Gasteiger partial charge in [-0.2, -0.15) is 0 Å². The second kappa shape index (κ2) is 7.54. The van der Waals surface area contributed by atoms with Crippen molar-refractivity contribution in [3.63, 3.8) is 0 Å². The maximum Gasteiger partial charge on any atom is 0.241 e. The van der Waals surface area contributed by atoms with E-state index in [9.17, 15) is 8.42 Å². The first-order chi connectivity index (χ1) is 10.5. The second-order valence-corrected chi connectivity index (χ2v) is 6.93. The topological polar surface area (TPSA) is 66.4 Å². The van der Waals surface area contributed by atoms with E-state index in [-0.39, 0.29) is 17.5 Å². The fourth-order valence-corrected chi connectivity index (χ4v) is 3.85. The van der Waals surface area contributed by atoms with Gasteiger partial charge in [0, 0.05) is 18.2 Å². The van der Waals surface area contributed by atoms with Gasteiger partial charge in [0.25, 0.3) is 0 Å². The molecule has 22 heavy (non-hydrogen) atoms. The lowest BCUT2D eigenvalue weighted by molar-refractivity contribution is 0.279. The molecule has 2 rings (SSSR count). The molecule has 0 spiro atoms. The molecule has 1 unspecified atom stereocenters. The largest absolute Gasteiger partial charge is 0.396 e. The van der Waals surface area contributed by atoms with Gasteiger partial charge in [0.05, 0.1) is 4.90 Å². The molecule has 0 aliphatic carbocycles. The van der Waals surface area contributed by atoms with Crippen molar-refractivity contribution >= 4 is 10.0 Å². The first-order valence-corrected chi connectivity index (χ1v) is 8.80. The van der Waals surface area contributed by atoms with Crippen LogP contribution in [0.3, 0.4) is 0 Å². The van der Waals surface area contributed by atoms with Crippen LogP contribution in [-0.4, -0.2) is 26.2 Å². The number of hydrogen-bond acceptors (Lipinski definition) is 3. The minimum Gasteiger partial charge on any atom is -0.396 e. The number of nitrogens with one attached hydrogen (secondary N) is 1. The van der Waals surface area contributed by atoms with Gasteiger partial charge in [-0.3, -0.25) is 0 Å². The van der Waals surface area contributed by atoms with Crippen molar-refractivity contribution in [1.82, 2.24) is 4.72 Å². The van der Waals surface area contributed by atoms with Gasteiger partial charge in [0.2, 0.25) is 10.0 Å². The average Bonchev–Trinajstić information content (AvgIpc) is 2.53. The van der Waals surface area contributed by atoms with E-state index in [0.717, 1.165) is 5.56 Å². The summed E-state index contributed by atoms with van der Waals surface area (Å²) in [6, 6.07) is 16.2. The lowest BCUT2D eigenvalue weighted by Gasteiger charge is -2.16. The van der Waals surface area contributed by atoms with Gasteiger partial charge in [0.15, 0.2) is 0 Å². The van der Waals surface area contributed by atoms with Crippen molar-refractivity contribution in [2.75, 3.05) is 6.61 Å². The average molecular weight is 319 g/mol. The van der Waals surface area contributed by atoms with E-state index in [1.165, 1.54) is 0 Å². The van der Waals surface area contributed by atoms with Gasteiger partial charge >= 0.3 is 0 Å². The number of aliphatic hydroxyl groups excluding tert-OH is 1. The normalized spacial score (nSPS) is 13.0. The molecule has 0 fully saturated rings. The highest BCUT2D eigenvalue weighted by molar-refractivity contribution is 7.89. The molecule has 0 bridgehead atoms. The van der Waals surface area contributed by atoms with Crippen LogP contribution in [0.25, 0.3) is 11.1 Å². The van der Waals surface area contributed by atoms with Crippen LogP contribution < -0.4 is 4.72 Å². The predicted octanol–water partition coefficient (Wildman–Crippen LogP) is 2.79. The van der Waals surface area contributed by atoms with Crippen LogP contribution in [0.15, 0.2) is 59.5 Å². The second-order valence-electron chi connectivity index (χ2n) is 5.25. The molecule has 0 aliphatic rings. The van der Waals surface area contributed by atoms with E-state index < -0.39 is 10.0 Å². The van der Waals surface area contributed by atoms with Crippen LogP contribution in [-0.2, 0) is 10.0 Å². The molecule has 118 valence electrons. The van der Waals surface area contributed by atoms with E-state index in [1.54, 1.807) is 19.1 Å². The number of sulfonamides is 1. The highest BCUT2D eigenvalue weighted by Gasteiger charge is 2.20. The first kappa shape index (κ1) is 16.7. The highest BCUT2D eigenvalue weighted by Crippen LogP contribution is 2.27. The zero-order valence-corrected chi connectivity index (χ0v) is 13.4. The summed E-state index contributed by atoms with van der Waals surface area (Å²) < 4.78 is 27.9. The molecular formula is C17H21NO3S. The fourth-order valence-electron chi connectivity index (χ4n) is 2.34. The van der Waals surface area contributed by atoms with E-state index in [2.05, 4.69) is 4.72 Å². The zero-order valence-electron chi connectivity index (χ0n) is 12.6. The molecule has 2 N–H and O–H groups in total. The summed E-state index contributed by atoms with van der Waals surface area (Å²) in [6.07, 6.45) is 1.17. The third-order valence-corrected chi connectivity index (χ3v) is 5.06. The minimum atomic E-state index is -3.60. The summed E-state index contributed by atoms with van der Waals surface area (Å²) in [6.45, 7) is 1.87. The Morgan fingerprint density at radius 1 is 1.05 bits per heavy atom. The van der Waals surface area contributed by atoms with E-state index in [1.807, 2.05) is 42.5 Å². The number of benzene rings is 2. The van der Waals surface area contributed by atoms with Crippen molar-refractivity contribution in [2.45, 2.75) is 30.7 Å². The quantitative estimate of drug-likeness (QED) is 0.824. The van der Waals surface area contributed by atoms with Crippen LogP contribution in [0.2, 0.25) is 0 Å². The Morgan fingerprint density at radius 3 is 2.36 bits per heavy atom. The smallest absolute Gasteiger partial charge is 0.241 e. The van der Waals surface area contributed by atoms with E-state index >= 15 is 0 Å². The van der Waals surface area contributed by atoms with Crippen LogP contribution >= 0.6 is 0 Å². The summed E-state index contributed by atoms with van der Waals surface area (Å²) in [5, 5.41) is 8.85. The standard InChI is InChI=1S/C17H21NO3S/c1-14(8-7-13-19)18-22(20,21)17-12-6-5-11-16(17)15-9-3-2-4-10-15/h2-6,9-12,14,18-19H,7-8,13H2,1H3. The van der Waals surface area contributed by atoms with Gasteiger partial charge in [0.1, 0.15) is 0 Å². The van der Waals surface area contributed by atoms with E-state index in [0.29, 0.717) is 18.4 Å². The monoisotopic (exact) mass is 319 g/mol. The molecule has 0 radical (unpaired) electrons. The Hall–Kier alpha value is -1.69. The molecule has 4 nitrogen and oxygen atoms in total. The van der Waals surface area contributed by atoms with Crippen LogP contribution in [0.1, 0.15) is 19.8 Å². The van der Waals surface area contributed by atoms with E-state index in [4.69, 9.17) is 5.11 Å². The maximum atomic E-state index is 12.6. The van der Waals surface area contributed by atoms with Crippen molar-refractivity contribution in [1.29, 1.82) is 0 Å². The predicted molar refractivity (Wildman–Crippen MR) is 88.0 cm³/mol. The third kappa shape index (κ3) is 4.16. The first-order valence-electron chi connectivity index (χ1n) is 7.32. The summed E-state index contributed by atoms with van der Waals surface area (Å²) in [4.78, 5) is 0.275. The Balaban J connectivity index is 2.32. The van der Waals surface area contributed by atoms with Crippen molar-refractivity contribution in [2.24, 2.45) is 0 Å². The van der Waals surface area contributed by atoms with Crippen molar-refractivity contribution < 1.29 is 13.5 Å². The molecule has 5 heteroatoms. The van der Waals surface area contributed by atoms with Crippen LogP contribution in [0.4, 0.5) is 0 Å². The summed E-state index contributed by atoms with van der Waals surface area (Å²) in [5.74, 6) is 0. The third-order valence-electron chi connectivity index (χ3n) is 3.41. The lowest BCUT2D eigenvalue weighted by atomic mass is 10.1. The molecular weight excluding hydrogens is 298 g/mol. The summed E-state index contributed by atoms with van der Waals surface area (Å²) >= 11 is 0. The molecule has 0 amide bonds. The lowest BCUT2D eigenvalue weighted by Crippen LogP contribution is -2.33. The van der Waals surface area contributed by atoms with Gasteiger partial charge in [-0.05, 0) is 31.4 Å². The molecule has 1 atom stereocenters. The fraction of sp³-hybridized carbons (Fsp3) is 0.294. The Kier molecular flexibility index (Phi) is 5.71. The number of aliphatic hydroxyl groups is 1. The molecule has 2 aromatic carbocycles. The van der Waals surface area contributed by atoms with Gasteiger partial charge in [-0.15, -0.1) is 0 Å². The molecule has 0 saturated heterocycles. The minimum absolute atomic E-state index is 0.0622. The molecule has 0 heterocycles. The van der Waals surface area contributed by atoms with Crippen molar-refractivity contribution in [3.05, 3.63) is 54.6 Å². The van der Waals surface area contributed by atoms with Gasteiger partial charge in [-0.1, -0.05) is 48.5 Å². The van der Waals surface area contributed by atoms with Crippen LogP contribution in [0.5, 0.6) is 0 Å². The summed E-state index contributed by atoms with van der Waals surface area (Å²) in [7, 11) is -3.60. The molecule has 0 aliphatic heterocycles. The number of rotatable bonds is 7. The highest BCUT2D eigenvalue weighted by atomic mass is 32.2. The zero-order chi connectivity index (χ0) is 16.0. The van der Waals surface area contributed by atoms with Gasteiger partial charge in [-0.25, -0.2) is 13.1 Å². The Labute approximate surface area is 131 Å². The van der Waals surface area contributed by atoms with Crippen molar-refractivity contribution in [3.8, 4) is 11.1 Å². The summed E-state index contributed by atoms with van der Waals surface area (Å²) in [5.41, 5.74) is 1.55. The maximum absolute atomic E-state index is 12.6. The Morgan fingerprint density at radius 2 is 1.68 bits per heavy atom. The van der Waals surface area contributed by atoms with Crippen LogP contribution in [0, 0.1) is 0 Å².